The van der Waals surface area contributed by atoms with Crippen molar-refractivity contribution in [3.8, 4) is 11.4 Å². The van der Waals surface area contributed by atoms with E-state index >= 15 is 0 Å². The molecule has 0 fully saturated rings. The van der Waals surface area contributed by atoms with Crippen molar-refractivity contribution in [2.75, 3.05) is 6.61 Å². The van der Waals surface area contributed by atoms with Crippen molar-refractivity contribution >= 4 is 5.69 Å². The molecule has 0 saturated heterocycles. The van der Waals surface area contributed by atoms with Crippen LogP contribution in [-0.4, -0.2) is 26.3 Å². The van der Waals surface area contributed by atoms with Crippen LogP contribution in [-0.2, 0) is 0 Å². The lowest BCUT2D eigenvalue weighted by atomic mass is 10.2. The smallest absolute Gasteiger partial charge is 0.311 e. The molecule has 1 aromatic heterocycles. The van der Waals surface area contributed by atoms with E-state index in [1.165, 1.54) is 23.4 Å². The largest absolute Gasteiger partial charge is 0.487 e. The SMILES string of the molecule is CCCOc1cc(-n2cncn2)ccc1[N+](=O)[O-]. The Morgan fingerprint density at radius 2 is 2.33 bits per heavy atom. The minimum Gasteiger partial charge on any atom is -0.487 e. The molecule has 7 nitrogen and oxygen atoms in total. The third-order valence-electron chi connectivity index (χ3n) is 2.29. The molecule has 0 aliphatic heterocycles. The third kappa shape index (κ3) is 2.45. The maximum atomic E-state index is 10.9. The van der Waals surface area contributed by atoms with Gasteiger partial charge in [-0.25, -0.2) is 9.67 Å². The molecule has 18 heavy (non-hydrogen) atoms. The van der Waals surface area contributed by atoms with Crippen molar-refractivity contribution in [1.29, 1.82) is 0 Å². The number of aromatic nitrogens is 3. The van der Waals surface area contributed by atoms with Crippen molar-refractivity contribution < 1.29 is 9.66 Å². The van der Waals surface area contributed by atoms with Crippen LogP contribution in [0, 0.1) is 10.1 Å². The van der Waals surface area contributed by atoms with Crippen LogP contribution in [0.4, 0.5) is 5.69 Å². The molecule has 0 spiro atoms. The van der Waals surface area contributed by atoms with Gasteiger partial charge in [-0.05, 0) is 12.5 Å². The van der Waals surface area contributed by atoms with Gasteiger partial charge >= 0.3 is 5.69 Å². The summed E-state index contributed by atoms with van der Waals surface area (Å²) in [6.07, 6.45) is 3.70. The highest BCUT2D eigenvalue weighted by atomic mass is 16.6. The second-order valence-electron chi connectivity index (χ2n) is 3.60. The number of benzene rings is 1. The molecule has 0 radical (unpaired) electrons. The van der Waals surface area contributed by atoms with Gasteiger partial charge in [0, 0.05) is 12.1 Å². The van der Waals surface area contributed by atoms with Crippen molar-refractivity contribution in [2.24, 2.45) is 0 Å². The van der Waals surface area contributed by atoms with E-state index in [0.29, 0.717) is 12.3 Å². The lowest BCUT2D eigenvalue weighted by Crippen LogP contribution is -2.02. The average molecular weight is 248 g/mol. The fourth-order valence-electron chi connectivity index (χ4n) is 1.47. The highest BCUT2D eigenvalue weighted by Crippen LogP contribution is 2.29. The van der Waals surface area contributed by atoms with Gasteiger partial charge in [0.05, 0.1) is 17.2 Å². The Morgan fingerprint density at radius 3 is 2.94 bits per heavy atom. The van der Waals surface area contributed by atoms with Crippen LogP contribution in [0.15, 0.2) is 30.9 Å². The number of ether oxygens (including phenoxy) is 1. The van der Waals surface area contributed by atoms with Crippen LogP contribution in [0.25, 0.3) is 5.69 Å². The second-order valence-corrected chi connectivity index (χ2v) is 3.60. The quantitative estimate of drug-likeness (QED) is 0.596. The Labute approximate surface area is 103 Å². The van der Waals surface area contributed by atoms with E-state index in [1.54, 1.807) is 12.1 Å². The van der Waals surface area contributed by atoms with Gasteiger partial charge in [-0.3, -0.25) is 10.1 Å². The number of nitrogens with zero attached hydrogens (tertiary/aromatic N) is 4. The molecular formula is C11H12N4O3. The van der Waals surface area contributed by atoms with Crippen molar-refractivity contribution in [3.05, 3.63) is 41.0 Å². The Kier molecular flexibility index (Phi) is 3.52. The topological polar surface area (TPSA) is 83.1 Å². The highest BCUT2D eigenvalue weighted by Gasteiger charge is 2.16. The van der Waals surface area contributed by atoms with Gasteiger partial charge in [0.1, 0.15) is 12.7 Å². The van der Waals surface area contributed by atoms with Gasteiger partial charge in [-0.1, -0.05) is 6.92 Å². The number of hydrogen-bond acceptors (Lipinski definition) is 5. The van der Waals surface area contributed by atoms with E-state index < -0.39 is 4.92 Å². The van der Waals surface area contributed by atoms with Crippen molar-refractivity contribution in [1.82, 2.24) is 14.8 Å². The minimum absolute atomic E-state index is 0.0488. The minimum atomic E-state index is -0.462. The molecule has 0 aliphatic rings. The number of nitro benzene ring substituents is 1. The van der Waals surface area contributed by atoms with E-state index in [9.17, 15) is 10.1 Å². The summed E-state index contributed by atoms with van der Waals surface area (Å²) in [7, 11) is 0. The van der Waals surface area contributed by atoms with Gasteiger partial charge in [-0.2, -0.15) is 5.10 Å². The first-order valence-corrected chi connectivity index (χ1v) is 5.48. The molecule has 0 saturated carbocycles. The molecule has 0 aliphatic carbocycles. The van der Waals surface area contributed by atoms with Crippen LogP contribution in [0.3, 0.4) is 0 Å². The maximum absolute atomic E-state index is 10.9. The van der Waals surface area contributed by atoms with Gasteiger partial charge < -0.3 is 4.74 Å². The van der Waals surface area contributed by atoms with Crippen LogP contribution >= 0.6 is 0 Å². The van der Waals surface area contributed by atoms with E-state index in [1.807, 2.05) is 6.92 Å². The molecule has 0 N–H and O–H groups in total. The van der Waals surface area contributed by atoms with Crippen molar-refractivity contribution in [3.63, 3.8) is 0 Å². The normalized spacial score (nSPS) is 10.3. The van der Waals surface area contributed by atoms with E-state index in [0.717, 1.165) is 6.42 Å². The van der Waals surface area contributed by atoms with Crippen molar-refractivity contribution in [2.45, 2.75) is 13.3 Å². The summed E-state index contributed by atoms with van der Waals surface area (Å²) < 4.78 is 6.90. The Bertz CT molecular complexity index is 539. The molecule has 0 bridgehead atoms. The summed E-state index contributed by atoms with van der Waals surface area (Å²) in [5.41, 5.74) is 0.622. The molecule has 0 atom stereocenters. The molecule has 7 heteroatoms. The zero-order chi connectivity index (χ0) is 13.0. The standard InChI is InChI=1S/C11H12N4O3/c1-2-5-18-11-6-9(14-8-12-7-13-14)3-4-10(11)15(16)17/h3-4,6-8H,2,5H2,1H3. The van der Waals surface area contributed by atoms with E-state index in [-0.39, 0.29) is 11.4 Å². The molecule has 0 amide bonds. The fourth-order valence-corrected chi connectivity index (χ4v) is 1.47. The first-order valence-electron chi connectivity index (χ1n) is 5.48. The first kappa shape index (κ1) is 12.0. The lowest BCUT2D eigenvalue weighted by molar-refractivity contribution is -0.385. The molecule has 1 aromatic carbocycles. The summed E-state index contributed by atoms with van der Waals surface area (Å²) in [4.78, 5) is 14.2. The number of rotatable bonds is 5. The molecule has 94 valence electrons. The van der Waals surface area contributed by atoms with Crippen LogP contribution in [0.2, 0.25) is 0 Å². The molecule has 2 aromatic rings. The summed E-state index contributed by atoms with van der Waals surface area (Å²) in [5.74, 6) is 0.245. The monoisotopic (exact) mass is 248 g/mol. The zero-order valence-electron chi connectivity index (χ0n) is 9.81. The predicted molar refractivity (Wildman–Crippen MR) is 63.8 cm³/mol. The summed E-state index contributed by atoms with van der Waals surface area (Å²) in [6, 6.07) is 4.59. The summed E-state index contributed by atoms with van der Waals surface area (Å²) in [6.45, 7) is 2.37. The van der Waals surface area contributed by atoms with Gasteiger partial charge in [0.2, 0.25) is 0 Å². The lowest BCUT2D eigenvalue weighted by Gasteiger charge is -2.07. The molecular weight excluding hydrogens is 236 g/mol. The number of nitro groups is 1. The zero-order valence-corrected chi connectivity index (χ0v) is 9.81. The van der Waals surface area contributed by atoms with E-state index in [2.05, 4.69) is 10.1 Å². The van der Waals surface area contributed by atoms with Crippen LogP contribution in [0.5, 0.6) is 5.75 Å². The Balaban J connectivity index is 2.38. The van der Waals surface area contributed by atoms with E-state index in [4.69, 9.17) is 4.74 Å². The first-order chi connectivity index (χ1) is 8.72. The average Bonchev–Trinajstić information content (AvgIpc) is 2.89. The fraction of sp³-hybridized carbons (Fsp3) is 0.273. The molecule has 1 heterocycles. The Morgan fingerprint density at radius 1 is 1.50 bits per heavy atom. The van der Waals surface area contributed by atoms with Crippen LogP contribution < -0.4 is 4.74 Å². The third-order valence-corrected chi connectivity index (χ3v) is 2.29. The van der Waals surface area contributed by atoms with Gasteiger partial charge in [0.25, 0.3) is 0 Å². The molecule has 0 unspecified atom stereocenters. The summed E-state index contributed by atoms with van der Waals surface area (Å²) in [5, 5.41) is 14.8. The number of hydrogen-bond donors (Lipinski definition) is 0. The molecule has 2 rings (SSSR count). The predicted octanol–water partition coefficient (Wildman–Crippen LogP) is 1.96. The Hall–Kier alpha value is -2.44. The highest BCUT2D eigenvalue weighted by molar-refractivity contribution is 5.52. The van der Waals surface area contributed by atoms with Crippen LogP contribution in [0.1, 0.15) is 13.3 Å². The second kappa shape index (κ2) is 5.26. The van der Waals surface area contributed by atoms with Gasteiger partial charge in [0.15, 0.2) is 5.75 Å². The summed E-state index contributed by atoms with van der Waals surface area (Å²) >= 11 is 0. The maximum Gasteiger partial charge on any atom is 0.311 e. The van der Waals surface area contributed by atoms with Gasteiger partial charge in [-0.15, -0.1) is 0 Å².